The molecule has 1 aromatic carbocycles. The first kappa shape index (κ1) is 11.7. The summed E-state index contributed by atoms with van der Waals surface area (Å²) in [5, 5.41) is 17.9. The molecule has 0 aliphatic heterocycles. The van der Waals surface area contributed by atoms with Crippen molar-refractivity contribution in [2.24, 2.45) is 7.05 Å². The third-order valence-corrected chi connectivity index (χ3v) is 2.70. The molecule has 1 aromatic heterocycles. The highest BCUT2D eigenvalue weighted by Gasteiger charge is 2.27. The smallest absolute Gasteiger partial charge is 0.123 e. The van der Waals surface area contributed by atoms with E-state index in [-0.39, 0.29) is 5.82 Å². The predicted octanol–water partition coefficient (Wildman–Crippen LogP) is 1.40. The Hall–Kier alpha value is -1.75. The number of aryl methyl sites for hydroxylation is 1. The Kier molecular flexibility index (Phi) is 2.93. The Balaban J connectivity index is 2.26. The van der Waals surface area contributed by atoms with Crippen molar-refractivity contribution in [2.75, 3.05) is 0 Å². The Morgan fingerprint density at radius 2 is 2.24 bits per heavy atom. The van der Waals surface area contributed by atoms with Crippen molar-refractivity contribution in [2.45, 2.75) is 18.9 Å². The van der Waals surface area contributed by atoms with Crippen LogP contribution in [0.5, 0.6) is 0 Å². The highest BCUT2D eigenvalue weighted by atomic mass is 19.1. The third kappa shape index (κ3) is 2.50. The Morgan fingerprint density at radius 3 is 2.82 bits per heavy atom. The lowest BCUT2D eigenvalue weighted by molar-refractivity contribution is 0.0489. The van der Waals surface area contributed by atoms with Crippen LogP contribution in [0, 0.1) is 5.82 Å². The van der Waals surface area contributed by atoms with Crippen LogP contribution in [-0.4, -0.2) is 20.1 Å². The number of hydrogen-bond acceptors (Lipinski definition) is 3. The molecule has 0 fully saturated rings. The van der Waals surface area contributed by atoms with Gasteiger partial charge < -0.3 is 5.11 Å². The van der Waals surface area contributed by atoms with E-state index in [0.717, 1.165) is 5.56 Å². The molecule has 2 aromatic rings. The van der Waals surface area contributed by atoms with Gasteiger partial charge in [0.1, 0.15) is 11.4 Å². The zero-order valence-electron chi connectivity index (χ0n) is 9.76. The molecule has 0 saturated heterocycles. The van der Waals surface area contributed by atoms with Crippen molar-refractivity contribution < 1.29 is 9.50 Å². The summed E-state index contributed by atoms with van der Waals surface area (Å²) in [7, 11) is 1.71. The van der Waals surface area contributed by atoms with Crippen molar-refractivity contribution in [3.63, 3.8) is 0 Å². The third-order valence-electron chi connectivity index (χ3n) is 2.70. The summed E-state index contributed by atoms with van der Waals surface area (Å²) >= 11 is 0. The first-order valence-corrected chi connectivity index (χ1v) is 5.31. The number of nitrogens with zero attached hydrogens (tertiary/aromatic N) is 3. The second-order valence-electron chi connectivity index (χ2n) is 4.32. The van der Waals surface area contributed by atoms with Crippen molar-refractivity contribution >= 4 is 0 Å². The molecule has 0 aliphatic rings. The van der Waals surface area contributed by atoms with Gasteiger partial charge in [-0.15, -0.1) is 5.10 Å². The maximum absolute atomic E-state index is 13.1. The summed E-state index contributed by atoms with van der Waals surface area (Å²) in [6.07, 6.45) is 1.82. The fourth-order valence-corrected chi connectivity index (χ4v) is 1.91. The maximum atomic E-state index is 13.1. The van der Waals surface area contributed by atoms with Crippen molar-refractivity contribution in [1.29, 1.82) is 0 Å². The van der Waals surface area contributed by atoms with Gasteiger partial charge in [0.15, 0.2) is 0 Å². The quantitative estimate of drug-likeness (QED) is 0.875. The van der Waals surface area contributed by atoms with Crippen LogP contribution >= 0.6 is 0 Å². The lowest BCUT2D eigenvalue weighted by Crippen LogP contribution is -2.27. The molecule has 1 unspecified atom stereocenters. The summed E-state index contributed by atoms with van der Waals surface area (Å²) < 4.78 is 14.6. The van der Waals surface area contributed by atoms with Crippen molar-refractivity contribution in [3.05, 3.63) is 47.5 Å². The molecule has 17 heavy (non-hydrogen) atoms. The average molecular weight is 235 g/mol. The minimum Gasteiger partial charge on any atom is -0.383 e. The standard InChI is InChI=1S/C12H14FN3O/c1-12(17,11-8-14-15-16(11)2)7-9-4-3-5-10(13)6-9/h3-6,8,17H,7H2,1-2H3. The largest absolute Gasteiger partial charge is 0.383 e. The zero-order chi connectivity index (χ0) is 12.5. The second kappa shape index (κ2) is 4.25. The molecule has 0 aliphatic carbocycles. The normalized spacial score (nSPS) is 14.6. The van der Waals surface area contributed by atoms with Crippen LogP contribution in [0.15, 0.2) is 30.5 Å². The van der Waals surface area contributed by atoms with Crippen LogP contribution in [0.1, 0.15) is 18.2 Å². The van der Waals surface area contributed by atoms with Crippen molar-refractivity contribution in [1.82, 2.24) is 15.0 Å². The van der Waals surface area contributed by atoms with E-state index < -0.39 is 5.60 Å². The topological polar surface area (TPSA) is 50.9 Å². The molecule has 1 atom stereocenters. The van der Waals surface area contributed by atoms with Gasteiger partial charge in [-0.3, -0.25) is 0 Å². The van der Waals surface area contributed by atoms with Crippen LogP contribution in [0.4, 0.5) is 4.39 Å². The molecule has 1 heterocycles. The highest BCUT2D eigenvalue weighted by molar-refractivity contribution is 5.21. The fraction of sp³-hybridized carbons (Fsp3) is 0.333. The lowest BCUT2D eigenvalue weighted by Gasteiger charge is -2.22. The van der Waals surface area contributed by atoms with Crippen LogP contribution < -0.4 is 0 Å². The van der Waals surface area contributed by atoms with Gasteiger partial charge >= 0.3 is 0 Å². The van der Waals surface area contributed by atoms with E-state index in [1.165, 1.54) is 23.0 Å². The fourth-order valence-electron chi connectivity index (χ4n) is 1.91. The minimum atomic E-state index is -1.12. The minimum absolute atomic E-state index is 0.304. The number of benzene rings is 1. The summed E-state index contributed by atoms with van der Waals surface area (Å²) in [5.41, 5.74) is 0.212. The Labute approximate surface area is 98.7 Å². The zero-order valence-corrected chi connectivity index (χ0v) is 9.76. The number of hydrogen-bond donors (Lipinski definition) is 1. The molecule has 0 amide bonds. The van der Waals surface area contributed by atoms with Crippen LogP contribution in [0.3, 0.4) is 0 Å². The SMILES string of the molecule is Cn1nncc1C(C)(O)Cc1cccc(F)c1. The molecule has 1 N–H and O–H groups in total. The highest BCUT2D eigenvalue weighted by Crippen LogP contribution is 2.24. The number of rotatable bonds is 3. The number of aliphatic hydroxyl groups is 1. The molecular formula is C12H14FN3O. The first-order valence-electron chi connectivity index (χ1n) is 5.31. The van der Waals surface area contributed by atoms with Gasteiger partial charge in [-0.25, -0.2) is 9.07 Å². The molecular weight excluding hydrogens is 221 g/mol. The average Bonchev–Trinajstić information content (AvgIpc) is 2.64. The van der Waals surface area contributed by atoms with E-state index in [1.54, 1.807) is 26.1 Å². The lowest BCUT2D eigenvalue weighted by atomic mass is 9.93. The molecule has 90 valence electrons. The molecule has 0 saturated carbocycles. The number of aromatic nitrogens is 3. The van der Waals surface area contributed by atoms with E-state index in [0.29, 0.717) is 12.1 Å². The van der Waals surface area contributed by atoms with Gasteiger partial charge in [-0.1, -0.05) is 17.3 Å². The molecule has 5 heteroatoms. The molecule has 4 nitrogen and oxygen atoms in total. The van der Waals surface area contributed by atoms with Gasteiger partial charge in [0.2, 0.25) is 0 Å². The monoisotopic (exact) mass is 235 g/mol. The Morgan fingerprint density at radius 1 is 1.47 bits per heavy atom. The summed E-state index contributed by atoms with van der Waals surface area (Å²) in [4.78, 5) is 0. The van der Waals surface area contributed by atoms with Gasteiger partial charge in [-0.2, -0.15) is 0 Å². The van der Waals surface area contributed by atoms with Gasteiger partial charge in [-0.05, 0) is 24.6 Å². The van der Waals surface area contributed by atoms with Crippen LogP contribution in [0.25, 0.3) is 0 Å². The molecule has 0 spiro atoms. The molecule has 0 bridgehead atoms. The van der Waals surface area contributed by atoms with Crippen LogP contribution in [0.2, 0.25) is 0 Å². The molecule has 2 rings (SSSR count). The van der Waals surface area contributed by atoms with E-state index in [4.69, 9.17) is 0 Å². The van der Waals surface area contributed by atoms with Gasteiger partial charge in [0.05, 0.1) is 11.9 Å². The predicted molar refractivity (Wildman–Crippen MR) is 60.7 cm³/mol. The van der Waals surface area contributed by atoms with E-state index in [1.807, 2.05) is 0 Å². The summed E-state index contributed by atoms with van der Waals surface area (Å²) in [5.74, 6) is -0.304. The number of halogens is 1. The van der Waals surface area contributed by atoms with E-state index >= 15 is 0 Å². The van der Waals surface area contributed by atoms with E-state index in [2.05, 4.69) is 10.3 Å². The van der Waals surface area contributed by atoms with Gasteiger partial charge in [0, 0.05) is 13.5 Å². The first-order chi connectivity index (χ1) is 7.99. The second-order valence-corrected chi connectivity index (χ2v) is 4.32. The summed E-state index contributed by atoms with van der Waals surface area (Å²) in [6, 6.07) is 6.20. The van der Waals surface area contributed by atoms with Crippen LogP contribution in [-0.2, 0) is 19.1 Å². The van der Waals surface area contributed by atoms with Crippen molar-refractivity contribution in [3.8, 4) is 0 Å². The van der Waals surface area contributed by atoms with E-state index in [9.17, 15) is 9.50 Å². The Bertz CT molecular complexity index is 522. The molecule has 0 radical (unpaired) electrons. The summed E-state index contributed by atoms with van der Waals surface area (Å²) in [6.45, 7) is 1.66. The maximum Gasteiger partial charge on any atom is 0.123 e. The van der Waals surface area contributed by atoms with Gasteiger partial charge in [0.25, 0.3) is 0 Å².